The number of pyridine rings is 1. The van der Waals surface area contributed by atoms with Crippen molar-refractivity contribution in [3.8, 4) is 5.75 Å². The van der Waals surface area contributed by atoms with Gasteiger partial charge in [0.2, 0.25) is 0 Å². The number of nitrogens with one attached hydrogen (secondary N) is 1. The maximum absolute atomic E-state index is 11.1. The van der Waals surface area contributed by atoms with Crippen LogP contribution in [-0.4, -0.2) is 29.2 Å². The minimum Gasteiger partial charge on any atom is -0.491 e. The van der Waals surface area contributed by atoms with Crippen LogP contribution in [0.2, 0.25) is 0 Å². The summed E-state index contributed by atoms with van der Waals surface area (Å²) in [5.41, 5.74) is 6.48. The molecule has 0 aliphatic heterocycles. The molecule has 0 saturated carbocycles. The highest BCUT2D eigenvalue weighted by Gasteiger charge is 2.21. The zero-order valence-electron chi connectivity index (χ0n) is 10.2. The summed E-state index contributed by atoms with van der Waals surface area (Å²) in [6.45, 7) is 6.29. The molecule has 0 bridgehead atoms. The number of rotatable bonds is 5. The molecule has 1 heterocycles. The van der Waals surface area contributed by atoms with E-state index in [0.717, 1.165) is 0 Å². The van der Waals surface area contributed by atoms with Gasteiger partial charge in [0.1, 0.15) is 11.3 Å². The van der Waals surface area contributed by atoms with Gasteiger partial charge in [-0.1, -0.05) is 0 Å². The fraction of sp³-hybridized carbons (Fsp3) is 0.455. The van der Waals surface area contributed by atoms with Crippen molar-refractivity contribution < 1.29 is 14.6 Å². The standard InChI is InChI=1S/C11H17N3O3/c1-4-13-10-8(12)9(17-5-2)7(11(15)16)6(3)14-10/h4-5,12H2,1-3H3,(H,13,14)(H,15,16). The van der Waals surface area contributed by atoms with E-state index in [-0.39, 0.29) is 17.0 Å². The van der Waals surface area contributed by atoms with Gasteiger partial charge in [0, 0.05) is 6.54 Å². The van der Waals surface area contributed by atoms with E-state index in [1.54, 1.807) is 13.8 Å². The van der Waals surface area contributed by atoms with Crippen LogP contribution in [0.25, 0.3) is 0 Å². The second-order valence-corrected chi connectivity index (χ2v) is 3.43. The largest absolute Gasteiger partial charge is 0.491 e. The van der Waals surface area contributed by atoms with Crippen molar-refractivity contribution in [2.45, 2.75) is 20.8 Å². The maximum Gasteiger partial charge on any atom is 0.341 e. The number of nitrogen functional groups attached to an aromatic ring is 1. The lowest BCUT2D eigenvalue weighted by Gasteiger charge is -2.15. The van der Waals surface area contributed by atoms with Crippen LogP contribution in [0.4, 0.5) is 11.5 Å². The molecule has 0 atom stereocenters. The molecule has 4 N–H and O–H groups in total. The van der Waals surface area contributed by atoms with Gasteiger partial charge in [-0.15, -0.1) is 0 Å². The first-order chi connectivity index (χ1) is 8.02. The van der Waals surface area contributed by atoms with Crippen LogP contribution in [0.15, 0.2) is 0 Å². The molecule has 1 aromatic rings. The topological polar surface area (TPSA) is 97.5 Å². The first kappa shape index (κ1) is 13.1. The summed E-state index contributed by atoms with van der Waals surface area (Å²) in [6.07, 6.45) is 0. The fourth-order valence-corrected chi connectivity index (χ4v) is 1.54. The van der Waals surface area contributed by atoms with Crippen LogP contribution in [-0.2, 0) is 0 Å². The van der Waals surface area contributed by atoms with Crippen LogP contribution in [0, 0.1) is 6.92 Å². The molecule has 0 unspecified atom stereocenters. The highest BCUT2D eigenvalue weighted by atomic mass is 16.5. The van der Waals surface area contributed by atoms with Crippen molar-refractivity contribution in [2.24, 2.45) is 0 Å². The summed E-state index contributed by atoms with van der Waals surface area (Å²) in [4.78, 5) is 15.3. The number of carbonyl (C=O) groups is 1. The molecule has 6 nitrogen and oxygen atoms in total. The number of ether oxygens (including phenoxy) is 1. The average Bonchev–Trinajstić information content (AvgIpc) is 2.25. The molecule has 0 amide bonds. The molecular formula is C11H17N3O3. The van der Waals surface area contributed by atoms with Crippen LogP contribution in [0.3, 0.4) is 0 Å². The van der Waals surface area contributed by atoms with Crippen molar-refractivity contribution in [3.05, 3.63) is 11.3 Å². The highest BCUT2D eigenvalue weighted by Crippen LogP contribution is 2.33. The van der Waals surface area contributed by atoms with Crippen LogP contribution < -0.4 is 15.8 Å². The summed E-state index contributed by atoms with van der Waals surface area (Å²) >= 11 is 0. The molecule has 17 heavy (non-hydrogen) atoms. The van der Waals surface area contributed by atoms with Crippen molar-refractivity contribution in [1.29, 1.82) is 0 Å². The number of hydrogen-bond acceptors (Lipinski definition) is 5. The van der Waals surface area contributed by atoms with E-state index in [0.29, 0.717) is 24.7 Å². The lowest BCUT2D eigenvalue weighted by Crippen LogP contribution is -2.13. The lowest BCUT2D eigenvalue weighted by atomic mass is 10.1. The number of aryl methyl sites for hydroxylation is 1. The molecule has 1 rings (SSSR count). The van der Waals surface area contributed by atoms with E-state index in [2.05, 4.69) is 10.3 Å². The maximum atomic E-state index is 11.1. The SMILES string of the molecule is CCNc1nc(C)c(C(=O)O)c(OCC)c1N. The second kappa shape index (κ2) is 5.38. The Morgan fingerprint density at radius 1 is 1.53 bits per heavy atom. The first-order valence-corrected chi connectivity index (χ1v) is 5.42. The Bertz CT molecular complexity index is 432. The summed E-state index contributed by atoms with van der Waals surface area (Å²) < 4.78 is 5.31. The molecule has 0 radical (unpaired) electrons. The predicted octanol–water partition coefficient (Wildman–Crippen LogP) is 1.50. The molecule has 0 aromatic carbocycles. The third-order valence-electron chi connectivity index (χ3n) is 2.21. The van der Waals surface area contributed by atoms with Gasteiger partial charge >= 0.3 is 5.97 Å². The summed E-state index contributed by atoms with van der Waals surface area (Å²) in [7, 11) is 0. The highest BCUT2D eigenvalue weighted by molar-refractivity contribution is 5.96. The van der Waals surface area contributed by atoms with Gasteiger partial charge in [-0.2, -0.15) is 0 Å². The first-order valence-electron chi connectivity index (χ1n) is 5.42. The third-order valence-corrected chi connectivity index (χ3v) is 2.21. The smallest absolute Gasteiger partial charge is 0.341 e. The van der Waals surface area contributed by atoms with Crippen molar-refractivity contribution in [3.63, 3.8) is 0 Å². The summed E-state index contributed by atoms with van der Waals surface area (Å²) in [6, 6.07) is 0. The molecule has 94 valence electrons. The van der Waals surface area contributed by atoms with Crippen molar-refractivity contribution in [1.82, 2.24) is 4.98 Å². The number of anilines is 2. The van der Waals surface area contributed by atoms with Crippen LogP contribution in [0.1, 0.15) is 29.9 Å². The minimum atomic E-state index is -1.09. The number of aromatic carboxylic acids is 1. The Labute approximate surface area is 99.8 Å². The number of nitrogens with two attached hydrogens (primary N) is 1. The van der Waals surface area contributed by atoms with Crippen molar-refractivity contribution in [2.75, 3.05) is 24.2 Å². The quantitative estimate of drug-likeness (QED) is 0.720. The molecule has 0 fully saturated rings. The monoisotopic (exact) mass is 239 g/mol. The van der Waals surface area contributed by atoms with Gasteiger partial charge in [-0.25, -0.2) is 9.78 Å². The van der Waals surface area contributed by atoms with Gasteiger partial charge in [0.15, 0.2) is 11.6 Å². The van der Waals surface area contributed by atoms with Gasteiger partial charge in [-0.3, -0.25) is 0 Å². The van der Waals surface area contributed by atoms with E-state index >= 15 is 0 Å². The Morgan fingerprint density at radius 2 is 2.18 bits per heavy atom. The van der Waals surface area contributed by atoms with Gasteiger partial charge in [-0.05, 0) is 20.8 Å². The number of aromatic nitrogens is 1. The molecule has 6 heteroatoms. The molecule has 1 aromatic heterocycles. The van der Waals surface area contributed by atoms with E-state index in [4.69, 9.17) is 15.6 Å². The van der Waals surface area contributed by atoms with E-state index in [1.807, 2.05) is 6.92 Å². The van der Waals surface area contributed by atoms with Crippen LogP contribution in [0.5, 0.6) is 5.75 Å². The Hall–Kier alpha value is -1.98. The summed E-state index contributed by atoms with van der Waals surface area (Å²) in [5, 5.41) is 12.1. The van der Waals surface area contributed by atoms with Gasteiger partial charge < -0.3 is 20.9 Å². The van der Waals surface area contributed by atoms with E-state index < -0.39 is 5.97 Å². The zero-order valence-corrected chi connectivity index (χ0v) is 10.2. The molecule has 0 saturated heterocycles. The van der Waals surface area contributed by atoms with Crippen LogP contribution >= 0.6 is 0 Å². The normalized spacial score (nSPS) is 10.1. The lowest BCUT2D eigenvalue weighted by molar-refractivity contribution is 0.0691. The second-order valence-electron chi connectivity index (χ2n) is 3.43. The molecule has 0 aliphatic carbocycles. The van der Waals surface area contributed by atoms with E-state index in [9.17, 15) is 4.79 Å². The zero-order chi connectivity index (χ0) is 13.0. The Balaban J connectivity index is 3.41. The number of hydrogen-bond donors (Lipinski definition) is 3. The van der Waals surface area contributed by atoms with E-state index in [1.165, 1.54) is 0 Å². The van der Waals surface area contributed by atoms with Crippen molar-refractivity contribution >= 4 is 17.5 Å². The predicted molar refractivity (Wildman–Crippen MR) is 65.7 cm³/mol. The minimum absolute atomic E-state index is 0.0194. The van der Waals surface area contributed by atoms with Gasteiger partial charge in [0.25, 0.3) is 0 Å². The average molecular weight is 239 g/mol. The van der Waals surface area contributed by atoms with Gasteiger partial charge in [0.05, 0.1) is 12.3 Å². The Kier molecular flexibility index (Phi) is 4.14. The fourth-order valence-electron chi connectivity index (χ4n) is 1.54. The number of nitrogens with zero attached hydrogens (tertiary/aromatic N) is 1. The molecule has 0 spiro atoms. The Morgan fingerprint density at radius 3 is 2.65 bits per heavy atom. The third kappa shape index (κ3) is 2.58. The molecule has 0 aliphatic rings. The summed E-state index contributed by atoms with van der Waals surface area (Å²) in [5.74, 6) is -0.449. The number of carboxylic acid groups (broad SMARTS) is 1. The molecular weight excluding hydrogens is 222 g/mol. The number of carboxylic acids is 1.